The summed E-state index contributed by atoms with van der Waals surface area (Å²) in [7, 11) is 1.84. The molecule has 110 valence electrons. The number of aromatic hydroxyl groups is 1. The number of anilines is 1. The highest BCUT2D eigenvalue weighted by Gasteiger charge is 2.36. The first-order valence-corrected chi connectivity index (χ1v) is 7.21. The van der Waals surface area contributed by atoms with Gasteiger partial charge in [-0.2, -0.15) is 0 Å². The van der Waals surface area contributed by atoms with Gasteiger partial charge in [0.05, 0.1) is 10.3 Å². The molecule has 2 aromatic rings. The van der Waals surface area contributed by atoms with Crippen LogP contribution in [0.25, 0.3) is 10.8 Å². The Labute approximate surface area is 130 Å². The van der Waals surface area contributed by atoms with Gasteiger partial charge in [-0.1, -0.05) is 12.1 Å². The quantitative estimate of drug-likeness (QED) is 0.518. The Balaban J connectivity index is 2.46. The van der Waals surface area contributed by atoms with Crippen LogP contribution in [0.3, 0.4) is 0 Å². The summed E-state index contributed by atoms with van der Waals surface area (Å²) in [5.74, 6) is -0.224. The van der Waals surface area contributed by atoms with Gasteiger partial charge in [-0.25, -0.2) is 0 Å². The molecule has 0 spiro atoms. The molecule has 0 saturated heterocycles. The zero-order valence-electron chi connectivity index (χ0n) is 11.1. The number of nitro benzene ring substituents is 1. The van der Waals surface area contributed by atoms with Crippen LogP contribution in [-0.2, 0) is 0 Å². The molecule has 1 heterocycles. The van der Waals surface area contributed by atoms with Crippen molar-refractivity contribution in [1.82, 2.24) is 0 Å². The predicted molar refractivity (Wildman–Crippen MR) is 83.8 cm³/mol. The van der Waals surface area contributed by atoms with E-state index < -0.39 is 9.76 Å². The lowest BCUT2D eigenvalue weighted by Gasteiger charge is -2.14. The van der Waals surface area contributed by atoms with E-state index in [1.165, 1.54) is 6.07 Å². The monoisotopic (exact) mass is 326 g/mol. The first-order valence-electron chi connectivity index (χ1n) is 6.34. The Morgan fingerprint density at radius 1 is 1.48 bits per heavy atom. The van der Waals surface area contributed by atoms with E-state index in [0.29, 0.717) is 17.3 Å². The van der Waals surface area contributed by atoms with Crippen molar-refractivity contribution in [3.05, 3.63) is 39.9 Å². The van der Waals surface area contributed by atoms with Crippen molar-refractivity contribution in [3.8, 4) is 5.75 Å². The van der Waals surface area contributed by atoms with Gasteiger partial charge in [0, 0.05) is 42.7 Å². The van der Waals surface area contributed by atoms with Crippen molar-refractivity contribution < 1.29 is 10.0 Å². The fourth-order valence-corrected chi connectivity index (χ4v) is 3.39. The molecule has 1 aliphatic rings. The highest BCUT2D eigenvalue weighted by Crippen LogP contribution is 2.49. The van der Waals surface area contributed by atoms with Crippen molar-refractivity contribution in [2.75, 3.05) is 18.5 Å². The lowest BCUT2D eigenvalue weighted by Crippen LogP contribution is -2.18. The van der Waals surface area contributed by atoms with E-state index in [1.807, 2.05) is 11.9 Å². The number of alkyl halides is 2. The van der Waals surface area contributed by atoms with Crippen molar-refractivity contribution in [3.63, 3.8) is 0 Å². The molecule has 7 heteroatoms. The summed E-state index contributed by atoms with van der Waals surface area (Å²) in [5, 5.41) is 22.4. The molecule has 5 nitrogen and oxygen atoms in total. The first kappa shape index (κ1) is 14.2. The third-order valence-electron chi connectivity index (χ3n) is 3.89. The summed E-state index contributed by atoms with van der Waals surface area (Å²) in [6, 6.07) is 6.25. The standard InChI is InChI=1S/C14H12Cl2N2O3/c1-17-6-8(14(15)16)13-10(17)5-11(19)7-3-2-4-9(12(7)13)18(20)21/h2-5,8,14,19H,6H2,1H3/t8-/m1/s1. The van der Waals surface area contributed by atoms with E-state index >= 15 is 0 Å². The van der Waals surface area contributed by atoms with E-state index in [1.54, 1.807) is 18.2 Å². The third kappa shape index (κ3) is 2.08. The molecule has 0 aromatic heterocycles. The number of hydrogen-bond donors (Lipinski definition) is 1. The summed E-state index contributed by atoms with van der Waals surface area (Å²) in [6.45, 7) is 0.553. The zero-order chi connectivity index (χ0) is 15.3. The largest absolute Gasteiger partial charge is 0.507 e. The number of nitro groups is 1. The number of halogens is 2. The predicted octanol–water partition coefficient (Wildman–Crippen LogP) is 3.79. The smallest absolute Gasteiger partial charge is 0.277 e. The molecule has 0 amide bonds. The average Bonchev–Trinajstić information content (AvgIpc) is 2.76. The molecular weight excluding hydrogens is 315 g/mol. The zero-order valence-corrected chi connectivity index (χ0v) is 12.6. The van der Waals surface area contributed by atoms with Crippen LogP contribution in [0.15, 0.2) is 24.3 Å². The van der Waals surface area contributed by atoms with Crippen LogP contribution in [0.2, 0.25) is 0 Å². The van der Waals surface area contributed by atoms with Gasteiger partial charge in [-0.3, -0.25) is 10.1 Å². The number of hydrogen-bond acceptors (Lipinski definition) is 4. The van der Waals surface area contributed by atoms with Gasteiger partial charge in [0.2, 0.25) is 0 Å². The van der Waals surface area contributed by atoms with Crippen molar-refractivity contribution in [2.24, 2.45) is 0 Å². The Hall–Kier alpha value is -1.72. The molecule has 2 aromatic carbocycles. The Kier molecular flexibility index (Phi) is 3.34. The van der Waals surface area contributed by atoms with Gasteiger partial charge in [0.25, 0.3) is 5.69 Å². The SMILES string of the molecule is CN1C[C@@H](C(Cl)Cl)c2c1cc(O)c1cccc([N+](=O)[O-])c21. The van der Waals surface area contributed by atoms with E-state index in [4.69, 9.17) is 23.2 Å². The van der Waals surface area contributed by atoms with Crippen LogP contribution in [0, 0.1) is 10.1 Å². The lowest BCUT2D eigenvalue weighted by atomic mass is 9.94. The van der Waals surface area contributed by atoms with Gasteiger partial charge in [0.1, 0.15) is 10.6 Å². The van der Waals surface area contributed by atoms with Gasteiger partial charge in [-0.15, -0.1) is 23.2 Å². The highest BCUT2D eigenvalue weighted by molar-refractivity contribution is 6.45. The molecule has 0 aliphatic carbocycles. The number of nitrogens with zero attached hydrogens (tertiary/aromatic N) is 2. The van der Waals surface area contributed by atoms with Gasteiger partial charge < -0.3 is 10.0 Å². The number of fused-ring (bicyclic) bond motifs is 3. The molecule has 1 aliphatic heterocycles. The number of benzene rings is 2. The summed E-state index contributed by atoms with van der Waals surface area (Å²) in [6.07, 6.45) is 0. The molecule has 1 atom stereocenters. The number of phenolic OH excluding ortho intramolecular Hbond substituents is 1. The second-order valence-corrected chi connectivity index (χ2v) is 6.27. The average molecular weight is 327 g/mol. The fourth-order valence-electron chi connectivity index (χ4n) is 2.98. The normalized spacial score (nSPS) is 17.5. The van der Waals surface area contributed by atoms with Crippen LogP contribution in [0.4, 0.5) is 11.4 Å². The van der Waals surface area contributed by atoms with E-state index in [0.717, 1.165) is 11.3 Å². The molecule has 1 N–H and O–H groups in total. The van der Waals surface area contributed by atoms with Gasteiger partial charge in [-0.05, 0) is 5.56 Å². The number of phenols is 1. The number of non-ortho nitro benzene ring substituents is 1. The summed E-state index contributed by atoms with van der Waals surface area (Å²) in [4.78, 5) is 12.1. The first-order chi connectivity index (χ1) is 9.91. The minimum atomic E-state index is -0.679. The summed E-state index contributed by atoms with van der Waals surface area (Å²) in [5.41, 5.74) is 1.41. The molecular formula is C14H12Cl2N2O3. The molecule has 0 bridgehead atoms. The van der Waals surface area contributed by atoms with Gasteiger partial charge >= 0.3 is 0 Å². The molecule has 0 saturated carbocycles. The van der Waals surface area contributed by atoms with Crippen LogP contribution in [0.1, 0.15) is 11.5 Å². The maximum atomic E-state index is 11.3. The summed E-state index contributed by atoms with van der Waals surface area (Å²) >= 11 is 12.1. The maximum Gasteiger partial charge on any atom is 0.277 e. The topological polar surface area (TPSA) is 66.6 Å². The number of likely N-dealkylation sites (N-methyl/N-ethyl adjacent to an activating group) is 1. The minimum Gasteiger partial charge on any atom is -0.507 e. The van der Waals surface area contributed by atoms with Crippen molar-refractivity contribution in [2.45, 2.75) is 10.8 Å². The maximum absolute atomic E-state index is 11.3. The minimum absolute atomic E-state index is 0.0145. The van der Waals surface area contributed by atoms with Crippen molar-refractivity contribution in [1.29, 1.82) is 0 Å². The fraction of sp³-hybridized carbons (Fsp3) is 0.286. The van der Waals surface area contributed by atoms with Crippen LogP contribution in [-0.4, -0.2) is 28.5 Å². The molecule has 0 fully saturated rings. The third-order valence-corrected chi connectivity index (χ3v) is 4.50. The Bertz CT molecular complexity index is 749. The van der Waals surface area contributed by atoms with E-state index in [2.05, 4.69) is 0 Å². The molecule has 3 rings (SSSR count). The Morgan fingerprint density at radius 3 is 2.81 bits per heavy atom. The van der Waals surface area contributed by atoms with Crippen LogP contribution >= 0.6 is 23.2 Å². The second kappa shape index (κ2) is 4.93. The van der Waals surface area contributed by atoms with Crippen LogP contribution in [0.5, 0.6) is 5.75 Å². The Morgan fingerprint density at radius 2 is 2.19 bits per heavy atom. The highest BCUT2D eigenvalue weighted by atomic mass is 35.5. The molecule has 21 heavy (non-hydrogen) atoms. The van der Waals surface area contributed by atoms with Crippen LogP contribution < -0.4 is 4.90 Å². The summed E-state index contributed by atoms with van der Waals surface area (Å²) < 4.78 is 0. The molecule has 0 unspecified atom stereocenters. The van der Waals surface area contributed by atoms with E-state index in [-0.39, 0.29) is 17.4 Å². The van der Waals surface area contributed by atoms with Crippen molar-refractivity contribution >= 4 is 45.3 Å². The van der Waals surface area contributed by atoms with E-state index in [9.17, 15) is 15.2 Å². The lowest BCUT2D eigenvalue weighted by molar-refractivity contribution is -0.383. The number of rotatable bonds is 2. The second-order valence-electron chi connectivity index (χ2n) is 5.11. The molecule has 0 radical (unpaired) electrons. The van der Waals surface area contributed by atoms with Gasteiger partial charge in [0.15, 0.2) is 0 Å².